The second-order valence-corrected chi connectivity index (χ2v) is 2.13. The maximum Gasteiger partial charge on any atom is 0.392 e. The van der Waals surface area contributed by atoms with E-state index in [-0.39, 0.29) is 0 Å². The molecule has 0 saturated carbocycles. The third-order valence-corrected chi connectivity index (χ3v) is 1.52. The predicted octanol–water partition coefficient (Wildman–Crippen LogP) is 1.41. The van der Waals surface area contributed by atoms with Gasteiger partial charge in [0, 0.05) is 0 Å². The van der Waals surface area contributed by atoms with Crippen LogP contribution in [0.2, 0.25) is 0 Å². The Bertz CT molecular complexity index is 56.4. The van der Waals surface area contributed by atoms with Crippen LogP contribution < -0.4 is 0 Å². The number of rotatable bonds is 6. The molecule has 0 spiro atoms. The molecule has 0 amide bonds. The van der Waals surface area contributed by atoms with Crippen LogP contribution in [0.3, 0.4) is 0 Å². The van der Waals surface area contributed by atoms with E-state index in [0.717, 1.165) is 0 Å². The van der Waals surface area contributed by atoms with Gasteiger partial charge in [-0.25, -0.2) is 9.78 Å². The van der Waals surface area contributed by atoms with Crippen LogP contribution in [-0.4, -0.2) is 20.8 Å². The Labute approximate surface area is 61.0 Å². The molecule has 62 valence electrons. The van der Waals surface area contributed by atoms with Gasteiger partial charge in [-0.15, -0.1) is 0 Å². The summed E-state index contributed by atoms with van der Waals surface area (Å²) in [6.07, 6.45) is 0. The molecule has 0 heterocycles. The van der Waals surface area contributed by atoms with Gasteiger partial charge in [-0.2, -0.15) is 9.35 Å². The first kappa shape index (κ1) is 10.2. The third kappa shape index (κ3) is 5.05. The van der Waals surface area contributed by atoms with Crippen LogP contribution in [0, 0.1) is 0 Å². The summed E-state index contributed by atoms with van der Waals surface area (Å²) in [5, 5.41) is 0. The van der Waals surface area contributed by atoms with Crippen molar-refractivity contribution in [2.75, 3.05) is 20.8 Å². The van der Waals surface area contributed by atoms with Crippen molar-refractivity contribution in [3.8, 4) is 0 Å². The van der Waals surface area contributed by atoms with Gasteiger partial charge in [0.25, 0.3) is 0 Å². The van der Waals surface area contributed by atoms with Gasteiger partial charge in [-0.1, -0.05) is 0 Å². The molecule has 0 bridgehead atoms. The second-order valence-electron chi connectivity index (χ2n) is 1.12. The first-order valence-corrected chi connectivity index (χ1v) is 3.79. The van der Waals surface area contributed by atoms with Crippen molar-refractivity contribution in [3.63, 3.8) is 0 Å². The molecule has 0 N–H and O–H groups in total. The Kier molecular flexibility index (Phi) is 7.51. The molecule has 0 aliphatic rings. The molecule has 0 radical (unpaired) electrons. The van der Waals surface area contributed by atoms with Crippen LogP contribution in [0.5, 0.6) is 0 Å². The predicted molar refractivity (Wildman–Crippen MR) is 34.7 cm³/mol. The van der Waals surface area contributed by atoms with Crippen molar-refractivity contribution in [1.82, 2.24) is 0 Å². The summed E-state index contributed by atoms with van der Waals surface area (Å²) in [4.78, 5) is 8.62. The molecule has 0 fully saturated rings. The molecular weight excluding hydrogens is 159 g/mol. The highest BCUT2D eigenvalue weighted by atomic mass is 31.2. The summed E-state index contributed by atoms with van der Waals surface area (Å²) in [6.45, 7) is 2.30. The molecule has 0 atom stereocenters. The van der Waals surface area contributed by atoms with Crippen molar-refractivity contribution < 1.29 is 23.6 Å². The third-order valence-electron chi connectivity index (χ3n) is 0.505. The van der Waals surface area contributed by atoms with E-state index in [1.165, 1.54) is 14.2 Å². The Morgan fingerprint density at radius 2 is 1.60 bits per heavy atom. The van der Waals surface area contributed by atoms with Crippen molar-refractivity contribution in [3.05, 3.63) is 0 Å². The largest absolute Gasteiger partial charge is 0.392 e. The van der Waals surface area contributed by atoms with E-state index in [2.05, 4.69) is 19.1 Å². The normalized spacial score (nSPS) is 10.8. The fourth-order valence-corrected chi connectivity index (χ4v) is 0.848. The fraction of sp³-hybridized carbons (Fsp3) is 1.00. The van der Waals surface area contributed by atoms with E-state index >= 15 is 0 Å². The van der Waals surface area contributed by atoms with Crippen LogP contribution in [0.25, 0.3) is 0 Å². The van der Waals surface area contributed by atoms with Gasteiger partial charge in [-0.3, -0.25) is 0 Å². The number of hydrogen-bond donors (Lipinski definition) is 0. The highest BCUT2D eigenvalue weighted by Crippen LogP contribution is 2.39. The molecule has 10 heavy (non-hydrogen) atoms. The number of hydrogen-bond acceptors (Lipinski definition) is 5. The fourth-order valence-electron chi connectivity index (χ4n) is 0.283. The summed E-state index contributed by atoms with van der Waals surface area (Å²) < 4.78 is 13.9. The minimum absolute atomic E-state index is 0.485. The second kappa shape index (κ2) is 7.34. The monoisotopic (exact) mass is 170 g/mol. The zero-order valence-corrected chi connectivity index (χ0v) is 7.09. The van der Waals surface area contributed by atoms with E-state index in [9.17, 15) is 0 Å². The molecule has 0 unspecified atom stereocenters. The highest BCUT2D eigenvalue weighted by Gasteiger charge is 2.12. The molecule has 0 aliphatic heterocycles. The van der Waals surface area contributed by atoms with Crippen LogP contribution in [0.4, 0.5) is 0 Å². The Balaban J connectivity index is 3.30. The van der Waals surface area contributed by atoms with Gasteiger partial charge >= 0.3 is 8.60 Å². The van der Waals surface area contributed by atoms with E-state index in [1.807, 2.05) is 6.92 Å². The van der Waals surface area contributed by atoms with Crippen LogP contribution in [0.1, 0.15) is 6.92 Å². The average Bonchev–Trinajstić information content (AvgIpc) is 1.90. The van der Waals surface area contributed by atoms with Crippen molar-refractivity contribution >= 4 is 8.60 Å². The first-order chi connectivity index (χ1) is 4.85. The SMILES string of the molecule is CCOP(OOC)OOC. The molecule has 5 nitrogen and oxygen atoms in total. The zero-order chi connectivity index (χ0) is 7.82. The summed E-state index contributed by atoms with van der Waals surface area (Å²) in [5.41, 5.74) is 0. The van der Waals surface area contributed by atoms with Crippen molar-refractivity contribution in [2.45, 2.75) is 6.92 Å². The van der Waals surface area contributed by atoms with Gasteiger partial charge in [0.15, 0.2) is 0 Å². The van der Waals surface area contributed by atoms with Crippen LogP contribution >= 0.6 is 8.60 Å². The van der Waals surface area contributed by atoms with E-state index in [4.69, 9.17) is 4.52 Å². The van der Waals surface area contributed by atoms with E-state index < -0.39 is 8.60 Å². The average molecular weight is 170 g/mol. The van der Waals surface area contributed by atoms with Gasteiger partial charge in [0.05, 0.1) is 20.8 Å². The van der Waals surface area contributed by atoms with E-state index in [0.29, 0.717) is 6.61 Å². The molecule has 0 aliphatic carbocycles. The lowest BCUT2D eigenvalue weighted by molar-refractivity contribution is -0.245. The summed E-state index contributed by atoms with van der Waals surface area (Å²) in [7, 11) is 1.23. The van der Waals surface area contributed by atoms with Gasteiger partial charge in [0.1, 0.15) is 0 Å². The lowest BCUT2D eigenvalue weighted by Gasteiger charge is -2.09. The quantitative estimate of drug-likeness (QED) is 0.342. The maximum atomic E-state index is 4.89. The van der Waals surface area contributed by atoms with Crippen LogP contribution in [-0.2, 0) is 23.6 Å². The molecule has 0 aromatic rings. The summed E-state index contributed by atoms with van der Waals surface area (Å²) >= 11 is 0. The molecule has 0 aromatic carbocycles. The minimum atomic E-state index is -1.51. The highest BCUT2D eigenvalue weighted by molar-refractivity contribution is 7.41. The van der Waals surface area contributed by atoms with Gasteiger partial charge in [-0.05, 0) is 6.92 Å². The first-order valence-electron chi connectivity index (χ1n) is 2.69. The minimum Gasteiger partial charge on any atom is -0.309 e. The topological polar surface area (TPSA) is 46.2 Å². The molecule has 0 rings (SSSR count). The Hall–Kier alpha value is 0.230. The van der Waals surface area contributed by atoms with Crippen LogP contribution in [0.15, 0.2) is 0 Å². The lowest BCUT2D eigenvalue weighted by Crippen LogP contribution is -1.93. The van der Waals surface area contributed by atoms with Gasteiger partial charge < -0.3 is 4.52 Å². The van der Waals surface area contributed by atoms with E-state index in [1.54, 1.807) is 0 Å². The lowest BCUT2D eigenvalue weighted by atomic mass is 10.9. The standard InChI is InChI=1S/C4H11O5P/c1-4-7-10(8-5-2)9-6-3/h4H2,1-3H3. The van der Waals surface area contributed by atoms with Crippen molar-refractivity contribution in [2.24, 2.45) is 0 Å². The molecule has 6 heteroatoms. The molecule has 0 aromatic heterocycles. The molecule has 0 saturated heterocycles. The molecular formula is C4H11O5P. The van der Waals surface area contributed by atoms with Crippen molar-refractivity contribution in [1.29, 1.82) is 0 Å². The Morgan fingerprint density at radius 1 is 1.10 bits per heavy atom. The summed E-state index contributed by atoms with van der Waals surface area (Å²) in [6, 6.07) is 0. The Morgan fingerprint density at radius 3 is 1.90 bits per heavy atom. The summed E-state index contributed by atoms with van der Waals surface area (Å²) in [5.74, 6) is 0. The maximum absolute atomic E-state index is 4.89. The zero-order valence-electron chi connectivity index (χ0n) is 6.20. The smallest absolute Gasteiger partial charge is 0.309 e. The van der Waals surface area contributed by atoms with Gasteiger partial charge in [0.2, 0.25) is 0 Å².